The summed E-state index contributed by atoms with van der Waals surface area (Å²) in [6.07, 6.45) is 7.16. The molecule has 8 heteroatoms. The molecule has 0 spiro atoms. The Morgan fingerprint density at radius 3 is 2.67 bits per heavy atom. The number of hydrogen-bond donors (Lipinski definition) is 3. The SMILES string of the molecule is COc1cncc(-c2nc(Nc3ccc(C4CCNCC4)cc3)c3c(=O)[nH]ccc3c2Cl)c1. The summed E-state index contributed by atoms with van der Waals surface area (Å²) >= 11 is 6.71. The van der Waals surface area contributed by atoms with Crippen molar-refractivity contribution >= 4 is 33.9 Å². The maximum Gasteiger partial charge on any atom is 0.259 e. The summed E-state index contributed by atoms with van der Waals surface area (Å²) in [6.45, 7) is 2.10. The van der Waals surface area contributed by atoms with E-state index in [1.165, 1.54) is 5.56 Å². The van der Waals surface area contributed by atoms with E-state index in [0.29, 0.717) is 44.5 Å². The van der Waals surface area contributed by atoms with Gasteiger partial charge < -0.3 is 20.4 Å². The van der Waals surface area contributed by atoms with Crippen molar-refractivity contribution in [3.05, 3.63) is 75.9 Å². The summed E-state index contributed by atoms with van der Waals surface area (Å²) in [5.41, 5.74) is 3.14. The number of rotatable bonds is 5. The van der Waals surface area contributed by atoms with E-state index < -0.39 is 0 Å². The lowest BCUT2D eigenvalue weighted by Crippen LogP contribution is -2.26. The highest BCUT2D eigenvalue weighted by molar-refractivity contribution is 6.38. The predicted octanol–water partition coefficient (Wildman–Crippen LogP) is 4.86. The quantitative estimate of drug-likeness (QED) is 0.393. The maximum atomic E-state index is 12.7. The van der Waals surface area contributed by atoms with E-state index in [1.807, 2.05) is 18.2 Å². The Bertz CT molecular complexity index is 1350. The molecule has 1 aromatic carbocycles. The number of fused-ring (bicyclic) bond motifs is 1. The van der Waals surface area contributed by atoms with Gasteiger partial charge in [-0.25, -0.2) is 4.98 Å². The lowest BCUT2D eigenvalue weighted by molar-refractivity contribution is 0.413. The molecule has 0 bridgehead atoms. The summed E-state index contributed by atoms with van der Waals surface area (Å²) in [7, 11) is 1.58. The predicted molar refractivity (Wildman–Crippen MR) is 132 cm³/mol. The van der Waals surface area contributed by atoms with E-state index in [2.05, 4.69) is 32.7 Å². The normalized spacial score (nSPS) is 14.4. The molecule has 5 rings (SSSR count). The number of nitrogens with zero attached hydrogens (tertiary/aromatic N) is 2. The first-order valence-corrected chi connectivity index (χ1v) is 11.3. The number of anilines is 2. The zero-order chi connectivity index (χ0) is 22.8. The number of benzene rings is 1. The zero-order valence-corrected chi connectivity index (χ0v) is 18.9. The zero-order valence-electron chi connectivity index (χ0n) is 18.2. The van der Waals surface area contributed by atoms with Crippen LogP contribution in [0.3, 0.4) is 0 Å². The van der Waals surface area contributed by atoms with Crippen LogP contribution in [0.25, 0.3) is 22.0 Å². The lowest BCUT2D eigenvalue weighted by atomic mass is 9.90. The van der Waals surface area contributed by atoms with E-state index in [4.69, 9.17) is 21.3 Å². The number of hydrogen-bond acceptors (Lipinski definition) is 6. The highest BCUT2D eigenvalue weighted by Gasteiger charge is 2.18. The van der Waals surface area contributed by atoms with Gasteiger partial charge in [0, 0.05) is 29.0 Å². The number of aromatic amines is 1. The molecule has 168 valence electrons. The summed E-state index contributed by atoms with van der Waals surface area (Å²) in [6, 6.07) is 12.0. The first kappa shape index (κ1) is 21.4. The Morgan fingerprint density at radius 1 is 1.12 bits per heavy atom. The molecule has 33 heavy (non-hydrogen) atoms. The molecular formula is C25H24ClN5O2. The molecule has 1 fully saturated rings. The van der Waals surface area contributed by atoms with Crippen molar-refractivity contribution < 1.29 is 4.74 Å². The number of aromatic nitrogens is 3. The molecule has 0 radical (unpaired) electrons. The van der Waals surface area contributed by atoms with Crippen LogP contribution in [0.15, 0.2) is 59.8 Å². The number of halogens is 1. The minimum Gasteiger partial charge on any atom is -0.495 e. The second-order valence-corrected chi connectivity index (χ2v) is 8.48. The van der Waals surface area contributed by atoms with Gasteiger partial charge in [-0.3, -0.25) is 9.78 Å². The van der Waals surface area contributed by atoms with Gasteiger partial charge in [0.2, 0.25) is 0 Å². The maximum absolute atomic E-state index is 12.7. The summed E-state index contributed by atoms with van der Waals surface area (Å²) in [5, 5.41) is 8.14. The number of piperidine rings is 1. The fraction of sp³-hybridized carbons (Fsp3) is 0.240. The average Bonchev–Trinajstić information content (AvgIpc) is 2.87. The second-order valence-electron chi connectivity index (χ2n) is 8.10. The Balaban J connectivity index is 1.57. The molecule has 0 saturated carbocycles. The molecule has 0 unspecified atom stereocenters. The standard InChI is InChI=1S/C25H24ClN5O2/c1-33-19-12-17(13-28-14-19)23-22(26)20-8-11-29-25(32)21(20)24(31-23)30-18-4-2-15(3-5-18)16-6-9-27-10-7-16/h2-5,8,11-14,16,27H,6-7,9-10H2,1H3,(H,29,32)(H,30,31). The van der Waals surface area contributed by atoms with Gasteiger partial charge in [-0.1, -0.05) is 23.7 Å². The van der Waals surface area contributed by atoms with Crippen molar-refractivity contribution in [2.45, 2.75) is 18.8 Å². The Labute approximate surface area is 196 Å². The van der Waals surface area contributed by atoms with Crippen molar-refractivity contribution in [1.82, 2.24) is 20.3 Å². The topological polar surface area (TPSA) is 91.9 Å². The van der Waals surface area contributed by atoms with Crippen LogP contribution in [-0.2, 0) is 0 Å². The van der Waals surface area contributed by atoms with E-state index in [9.17, 15) is 4.79 Å². The highest BCUT2D eigenvalue weighted by Crippen LogP contribution is 2.36. The van der Waals surface area contributed by atoms with Crippen LogP contribution in [0, 0.1) is 0 Å². The minimum atomic E-state index is -0.258. The molecule has 7 nitrogen and oxygen atoms in total. The van der Waals surface area contributed by atoms with Crippen LogP contribution in [0.4, 0.5) is 11.5 Å². The number of H-pyrrole nitrogens is 1. The van der Waals surface area contributed by atoms with Crippen molar-refractivity contribution in [3.63, 3.8) is 0 Å². The van der Waals surface area contributed by atoms with Crippen LogP contribution in [0.1, 0.15) is 24.3 Å². The molecule has 1 saturated heterocycles. The minimum absolute atomic E-state index is 0.258. The van der Waals surface area contributed by atoms with Crippen LogP contribution in [0.2, 0.25) is 5.02 Å². The summed E-state index contributed by atoms with van der Waals surface area (Å²) in [5.74, 6) is 1.60. The molecule has 1 aliphatic heterocycles. The third-order valence-electron chi connectivity index (χ3n) is 6.07. The summed E-state index contributed by atoms with van der Waals surface area (Å²) < 4.78 is 5.30. The number of pyridine rings is 3. The van der Waals surface area contributed by atoms with Gasteiger partial charge in [-0.05, 0) is 61.7 Å². The van der Waals surface area contributed by atoms with Crippen molar-refractivity contribution in [2.24, 2.45) is 0 Å². The first-order chi connectivity index (χ1) is 16.1. The molecule has 4 heterocycles. The molecule has 4 aromatic rings. The third-order valence-corrected chi connectivity index (χ3v) is 6.45. The number of ether oxygens (including phenoxy) is 1. The van der Waals surface area contributed by atoms with Gasteiger partial charge in [0.1, 0.15) is 11.6 Å². The van der Waals surface area contributed by atoms with Crippen LogP contribution in [0.5, 0.6) is 5.75 Å². The number of nitrogens with one attached hydrogen (secondary N) is 3. The fourth-order valence-corrected chi connectivity index (χ4v) is 4.62. The molecule has 0 atom stereocenters. The summed E-state index contributed by atoms with van der Waals surface area (Å²) in [4.78, 5) is 24.4. The molecule has 3 N–H and O–H groups in total. The average molecular weight is 462 g/mol. The second kappa shape index (κ2) is 9.21. The van der Waals surface area contributed by atoms with Crippen LogP contribution < -0.4 is 20.9 Å². The van der Waals surface area contributed by atoms with Crippen LogP contribution in [-0.4, -0.2) is 35.2 Å². The smallest absolute Gasteiger partial charge is 0.259 e. The Hall–Kier alpha value is -3.42. The fourth-order valence-electron chi connectivity index (χ4n) is 4.31. The molecule has 1 aliphatic rings. The largest absolute Gasteiger partial charge is 0.495 e. The highest BCUT2D eigenvalue weighted by atomic mass is 35.5. The lowest BCUT2D eigenvalue weighted by Gasteiger charge is -2.23. The molecule has 3 aromatic heterocycles. The van der Waals surface area contributed by atoms with Gasteiger partial charge in [0.15, 0.2) is 0 Å². The molecule has 0 aliphatic carbocycles. The van der Waals surface area contributed by atoms with Gasteiger partial charge in [0.05, 0.1) is 29.4 Å². The van der Waals surface area contributed by atoms with Crippen molar-refractivity contribution in [3.8, 4) is 17.0 Å². The first-order valence-electron chi connectivity index (χ1n) is 10.9. The van der Waals surface area contributed by atoms with Gasteiger partial charge in [-0.15, -0.1) is 0 Å². The Kier molecular flexibility index (Phi) is 5.98. The van der Waals surface area contributed by atoms with E-state index in [-0.39, 0.29) is 5.56 Å². The Morgan fingerprint density at radius 2 is 1.91 bits per heavy atom. The molecule has 0 amide bonds. The van der Waals surface area contributed by atoms with Crippen molar-refractivity contribution in [2.75, 3.05) is 25.5 Å². The van der Waals surface area contributed by atoms with Gasteiger partial charge in [-0.2, -0.15) is 0 Å². The van der Waals surface area contributed by atoms with Gasteiger partial charge >= 0.3 is 0 Å². The van der Waals surface area contributed by atoms with Crippen LogP contribution >= 0.6 is 11.6 Å². The number of methoxy groups -OCH3 is 1. The molecular weight excluding hydrogens is 438 g/mol. The third kappa shape index (κ3) is 4.29. The van der Waals surface area contributed by atoms with E-state index >= 15 is 0 Å². The van der Waals surface area contributed by atoms with E-state index in [0.717, 1.165) is 31.6 Å². The monoisotopic (exact) mass is 461 g/mol. The van der Waals surface area contributed by atoms with Crippen molar-refractivity contribution in [1.29, 1.82) is 0 Å². The van der Waals surface area contributed by atoms with Gasteiger partial charge in [0.25, 0.3) is 5.56 Å². The van der Waals surface area contributed by atoms with E-state index in [1.54, 1.807) is 31.8 Å².